The number of halogens is 1. The van der Waals surface area contributed by atoms with Gasteiger partial charge in [-0.1, -0.05) is 33.2 Å². The van der Waals surface area contributed by atoms with Gasteiger partial charge in [-0.3, -0.25) is 10.0 Å². The van der Waals surface area contributed by atoms with Gasteiger partial charge in [0.2, 0.25) is 0 Å². The monoisotopic (exact) mass is 404 g/mol. The molecule has 1 aromatic rings. The van der Waals surface area contributed by atoms with E-state index in [1.54, 1.807) is 0 Å². The molecule has 0 fully saturated rings. The zero-order valence-corrected chi connectivity index (χ0v) is 15.0. The van der Waals surface area contributed by atoms with Gasteiger partial charge in [-0.2, -0.15) is 0 Å². The van der Waals surface area contributed by atoms with Crippen molar-refractivity contribution in [2.75, 3.05) is 6.26 Å². The third kappa shape index (κ3) is 3.73. The Balaban J connectivity index is 2.14. The van der Waals surface area contributed by atoms with E-state index < -0.39 is 26.6 Å². The van der Waals surface area contributed by atoms with Crippen molar-refractivity contribution in [3.8, 4) is 0 Å². The predicted molar refractivity (Wildman–Crippen MR) is 88.0 cm³/mol. The molecule has 2 rings (SSSR count). The lowest BCUT2D eigenvalue weighted by molar-refractivity contribution is -0.132. The fraction of sp³-hybridized carbons (Fsp3) is 0.429. The van der Waals surface area contributed by atoms with Crippen LogP contribution in [0.1, 0.15) is 25.3 Å². The third-order valence-corrected chi connectivity index (χ3v) is 6.45. The van der Waals surface area contributed by atoms with Crippen molar-refractivity contribution < 1.29 is 23.3 Å². The second-order valence-corrected chi connectivity index (χ2v) is 8.99. The van der Waals surface area contributed by atoms with Gasteiger partial charge in [0.15, 0.2) is 14.6 Å². The largest absolute Gasteiger partial charge is 0.392 e. The SMILES string of the molecule is CC(CC1CC(c2ccc(Br)cc2)=NO1)(C(=O)NO)S(C)(=O)=O. The van der Waals surface area contributed by atoms with Gasteiger partial charge in [0.05, 0.1) is 5.71 Å². The topological polar surface area (TPSA) is 105 Å². The quantitative estimate of drug-likeness (QED) is 0.573. The van der Waals surface area contributed by atoms with Gasteiger partial charge in [0.1, 0.15) is 6.10 Å². The van der Waals surface area contributed by atoms with Crippen molar-refractivity contribution in [2.24, 2.45) is 5.16 Å². The number of carbonyl (C=O) groups is 1. The van der Waals surface area contributed by atoms with Gasteiger partial charge in [-0.25, -0.2) is 13.9 Å². The van der Waals surface area contributed by atoms with E-state index in [-0.39, 0.29) is 6.42 Å². The molecule has 1 amide bonds. The number of carbonyl (C=O) groups excluding carboxylic acids is 1. The van der Waals surface area contributed by atoms with Crippen LogP contribution in [0.2, 0.25) is 0 Å². The summed E-state index contributed by atoms with van der Waals surface area (Å²) in [7, 11) is -3.76. The lowest BCUT2D eigenvalue weighted by Crippen LogP contribution is -2.51. The minimum atomic E-state index is -3.76. The zero-order valence-electron chi connectivity index (χ0n) is 12.6. The van der Waals surface area contributed by atoms with Crippen molar-refractivity contribution in [2.45, 2.75) is 30.6 Å². The van der Waals surface area contributed by atoms with E-state index in [2.05, 4.69) is 21.1 Å². The number of nitrogens with one attached hydrogen (secondary N) is 1. The number of hydrogen-bond acceptors (Lipinski definition) is 6. The molecule has 0 aromatic heterocycles. The molecule has 1 aliphatic heterocycles. The highest BCUT2D eigenvalue weighted by Crippen LogP contribution is 2.29. The van der Waals surface area contributed by atoms with E-state index in [4.69, 9.17) is 10.0 Å². The van der Waals surface area contributed by atoms with Crippen LogP contribution in [-0.2, 0) is 19.5 Å². The van der Waals surface area contributed by atoms with Gasteiger partial charge in [-0.05, 0) is 24.6 Å². The van der Waals surface area contributed by atoms with E-state index in [9.17, 15) is 13.2 Å². The summed E-state index contributed by atoms with van der Waals surface area (Å²) in [6.45, 7) is 1.26. The maximum atomic E-state index is 12.0. The van der Waals surface area contributed by atoms with Gasteiger partial charge < -0.3 is 4.84 Å². The number of amides is 1. The average Bonchev–Trinajstić information content (AvgIpc) is 2.94. The van der Waals surface area contributed by atoms with Crippen LogP contribution in [0.4, 0.5) is 0 Å². The molecule has 126 valence electrons. The maximum Gasteiger partial charge on any atom is 0.264 e. The molecule has 0 aliphatic carbocycles. The summed E-state index contributed by atoms with van der Waals surface area (Å²) in [5.41, 5.74) is 2.97. The summed E-state index contributed by atoms with van der Waals surface area (Å²) in [6.07, 6.45) is 0.659. The molecule has 0 saturated heterocycles. The first-order chi connectivity index (χ1) is 10.7. The molecule has 7 nitrogen and oxygen atoms in total. The number of hydrogen-bond donors (Lipinski definition) is 2. The van der Waals surface area contributed by atoms with Crippen molar-refractivity contribution in [1.82, 2.24) is 5.48 Å². The number of oxime groups is 1. The Morgan fingerprint density at radius 1 is 1.48 bits per heavy atom. The molecule has 0 spiro atoms. The van der Waals surface area contributed by atoms with Crippen LogP contribution in [0.3, 0.4) is 0 Å². The van der Waals surface area contributed by atoms with Crippen LogP contribution in [0.25, 0.3) is 0 Å². The van der Waals surface area contributed by atoms with Crippen LogP contribution in [0.15, 0.2) is 33.9 Å². The fourth-order valence-corrected chi connectivity index (χ4v) is 3.45. The number of sulfone groups is 1. The molecule has 2 N–H and O–H groups in total. The molecule has 2 unspecified atom stereocenters. The predicted octanol–water partition coefficient (Wildman–Crippen LogP) is 1.64. The number of rotatable bonds is 5. The summed E-state index contributed by atoms with van der Waals surface area (Å²) >= 11 is 3.35. The molecule has 0 bridgehead atoms. The van der Waals surface area contributed by atoms with E-state index in [1.165, 1.54) is 12.4 Å². The Hall–Kier alpha value is -1.45. The van der Waals surface area contributed by atoms with Crippen molar-refractivity contribution in [3.05, 3.63) is 34.3 Å². The van der Waals surface area contributed by atoms with E-state index >= 15 is 0 Å². The Kier molecular flexibility index (Phi) is 5.12. The molecule has 1 aliphatic rings. The summed E-state index contributed by atoms with van der Waals surface area (Å²) in [4.78, 5) is 17.1. The van der Waals surface area contributed by atoms with E-state index in [0.717, 1.165) is 16.3 Å². The van der Waals surface area contributed by atoms with Crippen molar-refractivity contribution in [1.29, 1.82) is 0 Å². The molecule has 2 atom stereocenters. The van der Waals surface area contributed by atoms with Crippen molar-refractivity contribution >= 4 is 37.4 Å². The second kappa shape index (κ2) is 6.58. The molecule has 23 heavy (non-hydrogen) atoms. The molecular weight excluding hydrogens is 388 g/mol. The highest BCUT2D eigenvalue weighted by atomic mass is 79.9. The molecule has 1 heterocycles. The van der Waals surface area contributed by atoms with Crippen LogP contribution < -0.4 is 5.48 Å². The maximum absolute atomic E-state index is 12.0. The Labute approximate surface area is 142 Å². The second-order valence-electron chi connectivity index (χ2n) is 5.62. The minimum absolute atomic E-state index is 0.109. The zero-order chi connectivity index (χ0) is 17.3. The lowest BCUT2D eigenvalue weighted by Gasteiger charge is -2.26. The molecule has 0 radical (unpaired) electrons. The minimum Gasteiger partial charge on any atom is -0.392 e. The standard InChI is InChI=1S/C14H17BrN2O5S/c1-14(13(18)16-19,23(2,20)21)8-11-7-12(17-22-11)9-3-5-10(15)6-4-9/h3-6,11,19H,7-8H2,1-2H3,(H,16,18). The number of benzene rings is 1. The first-order valence-electron chi connectivity index (χ1n) is 6.80. The fourth-order valence-electron chi connectivity index (χ4n) is 2.32. The summed E-state index contributed by atoms with van der Waals surface area (Å²) in [6, 6.07) is 7.46. The number of nitrogens with zero attached hydrogens (tertiary/aromatic N) is 1. The molecular formula is C14H17BrN2O5S. The number of hydroxylamine groups is 1. The Morgan fingerprint density at radius 3 is 2.61 bits per heavy atom. The van der Waals surface area contributed by atoms with E-state index in [1.807, 2.05) is 24.3 Å². The van der Waals surface area contributed by atoms with Gasteiger partial charge >= 0.3 is 0 Å². The van der Waals surface area contributed by atoms with Crippen molar-refractivity contribution in [3.63, 3.8) is 0 Å². The van der Waals surface area contributed by atoms with Gasteiger partial charge in [-0.15, -0.1) is 0 Å². The summed E-state index contributed by atoms with van der Waals surface area (Å²) in [5.74, 6) is -0.985. The Morgan fingerprint density at radius 2 is 2.09 bits per heavy atom. The van der Waals surface area contributed by atoms with Crippen LogP contribution in [0.5, 0.6) is 0 Å². The molecule has 9 heteroatoms. The normalized spacial score (nSPS) is 20.3. The summed E-state index contributed by atoms with van der Waals surface area (Å²) in [5, 5.41) is 12.8. The van der Waals surface area contributed by atoms with E-state index in [0.29, 0.717) is 12.1 Å². The van der Waals surface area contributed by atoms with Gasteiger partial charge in [0.25, 0.3) is 5.91 Å². The van der Waals surface area contributed by atoms with Gasteiger partial charge in [0, 0.05) is 23.6 Å². The smallest absolute Gasteiger partial charge is 0.264 e. The molecule has 0 saturated carbocycles. The first kappa shape index (κ1) is 17.9. The Bertz CT molecular complexity index is 732. The average molecular weight is 405 g/mol. The first-order valence-corrected chi connectivity index (χ1v) is 9.48. The lowest BCUT2D eigenvalue weighted by atomic mass is 9.96. The van der Waals surface area contributed by atoms with Crippen LogP contribution in [-0.4, -0.2) is 42.4 Å². The highest BCUT2D eigenvalue weighted by molar-refractivity contribution is 9.10. The van der Waals surface area contributed by atoms with Crippen LogP contribution in [0, 0.1) is 0 Å². The van der Waals surface area contributed by atoms with Crippen LogP contribution >= 0.6 is 15.9 Å². The molecule has 1 aromatic carbocycles. The summed E-state index contributed by atoms with van der Waals surface area (Å²) < 4.78 is 23.1. The third-order valence-electron chi connectivity index (χ3n) is 3.93. The highest BCUT2D eigenvalue weighted by Gasteiger charge is 2.46.